The first-order valence-electron chi connectivity index (χ1n) is 3.61. The van der Waals surface area contributed by atoms with Gasteiger partial charge in [0.05, 0.1) is 5.56 Å². The van der Waals surface area contributed by atoms with E-state index < -0.39 is 0 Å². The molecule has 0 N–H and O–H groups in total. The third-order valence-corrected chi connectivity index (χ3v) is 2.60. The van der Waals surface area contributed by atoms with Gasteiger partial charge in [-0.05, 0) is 11.4 Å². The second kappa shape index (κ2) is 3.53. The van der Waals surface area contributed by atoms with Crippen LogP contribution in [-0.2, 0) is 0 Å². The van der Waals surface area contributed by atoms with E-state index in [2.05, 4.69) is 13.2 Å². The molecule has 1 aromatic heterocycles. The van der Waals surface area contributed by atoms with Crippen LogP contribution in [0.2, 0.25) is 0 Å². The predicted molar refractivity (Wildman–Crippen MR) is 52.0 cm³/mol. The Morgan fingerprint density at radius 3 is 2.46 bits per heavy atom. The van der Waals surface area contributed by atoms with Crippen LogP contribution in [0.1, 0.15) is 20.0 Å². The summed E-state index contributed by atoms with van der Waals surface area (Å²) in [6.45, 7) is 6.00. The number of thiophene rings is 1. The normalized spacial score (nSPS) is 13.8. The summed E-state index contributed by atoms with van der Waals surface area (Å²) in [5, 5.41) is 1.76. The fourth-order valence-corrected chi connectivity index (χ4v) is 1.93. The summed E-state index contributed by atoms with van der Waals surface area (Å²) >= 11 is 1.32. The van der Waals surface area contributed by atoms with Crippen LogP contribution < -0.4 is 0 Å². The zero-order valence-electron chi connectivity index (χ0n) is 7.24. The molecule has 0 fully saturated rings. The summed E-state index contributed by atoms with van der Waals surface area (Å²) < 4.78 is 0. The average Bonchev–Trinajstić information content (AvgIpc) is 2.71. The van der Waals surface area contributed by atoms with E-state index in [9.17, 15) is 9.59 Å². The predicted octanol–water partition coefficient (Wildman–Crippen LogP) is 1.78. The smallest absolute Gasteiger partial charge is 0.271 e. The second-order valence-corrected chi connectivity index (χ2v) is 3.25. The molecule has 2 heterocycles. The number of hydrogen-bond acceptors (Lipinski definition) is 3. The van der Waals surface area contributed by atoms with Crippen molar-refractivity contribution in [1.82, 2.24) is 4.90 Å². The van der Waals surface area contributed by atoms with E-state index in [1.165, 1.54) is 18.4 Å². The molecule has 0 bridgehead atoms. The van der Waals surface area contributed by atoms with Gasteiger partial charge in [-0.15, -0.1) is 24.5 Å². The van der Waals surface area contributed by atoms with Gasteiger partial charge in [-0.3, -0.25) is 14.5 Å². The van der Waals surface area contributed by atoms with Crippen molar-refractivity contribution in [2.75, 3.05) is 7.05 Å². The van der Waals surface area contributed by atoms with E-state index in [0.29, 0.717) is 10.4 Å². The van der Waals surface area contributed by atoms with Crippen LogP contribution in [0.3, 0.4) is 0 Å². The van der Waals surface area contributed by atoms with Crippen molar-refractivity contribution in [3.63, 3.8) is 0 Å². The van der Waals surface area contributed by atoms with Gasteiger partial charge in [-0.25, -0.2) is 0 Å². The average molecular weight is 195 g/mol. The van der Waals surface area contributed by atoms with E-state index in [4.69, 9.17) is 0 Å². The monoisotopic (exact) mass is 195 g/mol. The fourth-order valence-electron chi connectivity index (χ4n) is 1.07. The third-order valence-electron chi connectivity index (χ3n) is 1.70. The van der Waals surface area contributed by atoms with Crippen LogP contribution in [0, 0.1) is 0 Å². The summed E-state index contributed by atoms with van der Waals surface area (Å²) in [7, 11) is 1.50. The maximum atomic E-state index is 11.2. The highest BCUT2D eigenvalue weighted by Gasteiger charge is 2.33. The van der Waals surface area contributed by atoms with Crippen LogP contribution in [0.15, 0.2) is 24.6 Å². The van der Waals surface area contributed by atoms with Gasteiger partial charge in [0.2, 0.25) is 0 Å². The first kappa shape index (κ1) is 9.67. The van der Waals surface area contributed by atoms with Crippen molar-refractivity contribution >= 4 is 23.2 Å². The lowest BCUT2D eigenvalue weighted by Crippen LogP contribution is -2.24. The Kier molecular flexibility index (Phi) is 2.63. The molecule has 3 nitrogen and oxygen atoms in total. The molecule has 2 rings (SSSR count). The molecule has 68 valence electrons. The molecule has 1 aromatic rings. The largest absolute Gasteiger partial charge is 0.277 e. The fraction of sp³-hybridized carbons (Fsp3) is 0.111. The molecule has 13 heavy (non-hydrogen) atoms. The number of fused-ring (bicyclic) bond motifs is 1. The Labute approximate surface area is 80.3 Å². The first-order chi connectivity index (χ1) is 6.22. The minimum atomic E-state index is -0.189. The van der Waals surface area contributed by atoms with Gasteiger partial charge < -0.3 is 0 Å². The van der Waals surface area contributed by atoms with Crippen molar-refractivity contribution in [2.24, 2.45) is 0 Å². The molecule has 4 heteroatoms. The Morgan fingerprint density at radius 2 is 1.92 bits per heavy atom. The van der Waals surface area contributed by atoms with Gasteiger partial charge >= 0.3 is 0 Å². The summed E-state index contributed by atoms with van der Waals surface area (Å²) in [5.41, 5.74) is 0.544. The Morgan fingerprint density at radius 1 is 1.31 bits per heavy atom. The number of imide groups is 1. The van der Waals surface area contributed by atoms with Crippen LogP contribution in [0.25, 0.3) is 0 Å². The highest BCUT2D eigenvalue weighted by molar-refractivity contribution is 7.12. The molecule has 0 aliphatic carbocycles. The summed E-state index contributed by atoms with van der Waals surface area (Å²) in [5.74, 6) is -0.369. The molecular formula is C9H9NO2S. The molecule has 0 spiro atoms. The lowest BCUT2D eigenvalue weighted by molar-refractivity contribution is 0.0694. The van der Waals surface area contributed by atoms with Crippen molar-refractivity contribution < 1.29 is 9.59 Å². The van der Waals surface area contributed by atoms with Gasteiger partial charge in [0, 0.05) is 7.05 Å². The minimum absolute atomic E-state index is 0.181. The molecule has 0 saturated heterocycles. The molecule has 0 unspecified atom stereocenters. The Balaban J connectivity index is 0.000000396. The molecule has 0 atom stereocenters. The second-order valence-electron chi connectivity index (χ2n) is 2.33. The first-order valence-corrected chi connectivity index (χ1v) is 4.49. The van der Waals surface area contributed by atoms with E-state index in [1.54, 1.807) is 11.4 Å². The van der Waals surface area contributed by atoms with Gasteiger partial charge in [0.25, 0.3) is 11.8 Å². The van der Waals surface area contributed by atoms with Crippen molar-refractivity contribution in [3.05, 3.63) is 35.0 Å². The molecule has 1 aliphatic heterocycles. The molecule has 2 amide bonds. The SMILES string of the molecule is C=C.CN1C(=O)c2ccsc2C1=O. The number of carbonyl (C=O) groups is 2. The molecule has 0 aromatic carbocycles. The molecule has 0 radical (unpaired) electrons. The zero-order chi connectivity index (χ0) is 10.0. The van der Waals surface area contributed by atoms with Crippen molar-refractivity contribution in [1.29, 1.82) is 0 Å². The Hall–Kier alpha value is -1.42. The van der Waals surface area contributed by atoms with E-state index >= 15 is 0 Å². The summed E-state index contributed by atoms with van der Waals surface area (Å²) in [4.78, 5) is 24.1. The summed E-state index contributed by atoms with van der Waals surface area (Å²) in [6, 6.07) is 1.68. The van der Waals surface area contributed by atoms with Crippen molar-refractivity contribution in [3.8, 4) is 0 Å². The van der Waals surface area contributed by atoms with E-state index in [1.807, 2.05) is 0 Å². The molecular weight excluding hydrogens is 186 g/mol. The highest BCUT2D eigenvalue weighted by atomic mass is 32.1. The van der Waals surface area contributed by atoms with Gasteiger partial charge in [-0.1, -0.05) is 0 Å². The van der Waals surface area contributed by atoms with E-state index in [0.717, 1.165) is 4.90 Å². The van der Waals surface area contributed by atoms with Crippen LogP contribution in [0.4, 0.5) is 0 Å². The maximum absolute atomic E-state index is 11.2. The van der Waals surface area contributed by atoms with Gasteiger partial charge in [0.15, 0.2) is 0 Å². The number of carbonyl (C=O) groups excluding carboxylic acids is 2. The van der Waals surface area contributed by atoms with Crippen LogP contribution in [0.5, 0.6) is 0 Å². The number of rotatable bonds is 0. The number of hydrogen-bond donors (Lipinski definition) is 0. The lowest BCUT2D eigenvalue weighted by Gasteiger charge is -2.02. The molecule has 0 saturated carbocycles. The third kappa shape index (κ3) is 1.29. The topological polar surface area (TPSA) is 37.4 Å². The Bertz CT molecular complexity index is 326. The number of nitrogens with zero attached hydrogens (tertiary/aromatic N) is 1. The van der Waals surface area contributed by atoms with Crippen LogP contribution >= 0.6 is 11.3 Å². The zero-order valence-corrected chi connectivity index (χ0v) is 8.06. The van der Waals surface area contributed by atoms with Crippen molar-refractivity contribution in [2.45, 2.75) is 0 Å². The highest BCUT2D eigenvalue weighted by Crippen LogP contribution is 2.25. The van der Waals surface area contributed by atoms with Crippen LogP contribution in [-0.4, -0.2) is 23.8 Å². The van der Waals surface area contributed by atoms with Gasteiger partial charge in [0.1, 0.15) is 4.88 Å². The maximum Gasteiger partial charge on any atom is 0.271 e. The van der Waals surface area contributed by atoms with E-state index in [-0.39, 0.29) is 11.8 Å². The lowest BCUT2D eigenvalue weighted by atomic mass is 10.3. The summed E-state index contributed by atoms with van der Waals surface area (Å²) in [6.07, 6.45) is 0. The minimum Gasteiger partial charge on any atom is -0.277 e. The van der Waals surface area contributed by atoms with Gasteiger partial charge in [-0.2, -0.15) is 0 Å². The quantitative estimate of drug-likeness (QED) is 0.467. The molecule has 1 aliphatic rings. The standard InChI is InChI=1S/C7H5NO2S.C2H4/c1-8-6(9)4-2-3-11-5(4)7(8)10;1-2/h2-3H,1H3;1-2H2. The number of amides is 2.